The SMILES string of the molecule is Cc1c(-c2ncco2)c2cc(O)ccc2n1C(=O)c1ccc(Cl)cc1. The van der Waals surface area contributed by atoms with Crippen LogP contribution in [-0.2, 0) is 0 Å². The summed E-state index contributed by atoms with van der Waals surface area (Å²) in [6, 6.07) is 11.6. The summed E-state index contributed by atoms with van der Waals surface area (Å²) < 4.78 is 7.02. The van der Waals surface area contributed by atoms with Crippen LogP contribution < -0.4 is 0 Å². The van der Waals surface area contributed by atoms with E-state index in [4.69, 9.17) is 16.0 Å². The van der Waals surface area contributed by atoms with E-state index in [-0.39, 0.29) is 11.7 Å². The molecule has 0 atom stereocenters. The number of carbonyl (C=O) groups excluding carboxylic acids is 1. The molecule has 0 saturated heterocycles. The zero-order valence-electron chi connectivity index (χ0n) is 13.2. The maximum absolute atomic E-state index is 13.1. The third-order valence-corrected chi connectivity index (χ3v) is 4.38. The van der Waals surface area contributed by atoms with Gasteiger partial charge in [0, 0.05) is 21.7 Å². The molecule has 5 nitrogen and oxygen atoms in total. The van der Waals surface area contributed by atoms with Gasteiger partial charge in [0.25, 0.3) is 5.91 Å². The van der Waals surface area contributed by atoms with Gasteiger partial charge in [-0.05, 0) is 49.4 Å². The highest BCUT2D eigenvalue weighted by Gasteiger charge is 2.23. The molecule has 1 N–H and O–H groups in total. The number of oxazole rings is 1. The number of aromatic hydroxyl groups is 1. The minimum atomic E-state index is -0.192. The van der Waals surface area contributed by atoms with E-state index in [9.17, 15) is 9.90 Å². The van der Waals surface area contributed by atoms with Crippen LogP contribution >= 0.6 is 11.6 Å². The van der Waals surface area contributed by atoms with Crippen molar-refractivity contribution < 1.29 is 14.3 Å². The van der Waals surface area contributed by atoms with Crippen molar-refractivity contribution >= 4 is 28.4 Å². The van der Waals surface area contributed by atoms with Crippen LogP contribution in [0.2, 0.25) is 5.02 Å². The smallest absolute Gasteiger partial charge is 0.262 e. The molecule has 0 aliphatic carbocycles. The number of phenolic OH excluding ortho intramolecular Hbond substituents is 1. The van der Waals surface area contributed by atoms with Gasteiger partial charge in [0.1, 0.15) is 12.0 Å². The van der Waals surface area contributed by atoms with Gasteiger partial charge in [0.05, 0.1) is 17.3 Å². The zero-order valence-corrected chi connectivity index (χ0v) is 14.0. The monoisotopic (exact) mass is 352 g/mol. The lowest BCUT2D eigenvalue weighted by Gasteiger charge is -2.07. The Morgan fingerprint density at radius 1 is 1.20 bits per heavy atom. The Morgan fingerprint density at radius 3 is 2.64 bits per heavy atom. The van der Waals surface area contributed by atoms with Gasteiger partial charge < -0.3 is 9.52 Å². The molecule has 4 rings (SSSR count). The molecule has 6 heteroatoms. The summed E-state index contributed by atoms with van der Waals surface area (Å²) in [5.74, 6) is 0.315. The minimum absolute atomic E-state index is 0.108. The van der Waals surface area contributed by atoms with Gasteiger partial charge >= 0.3 is 0 Å². The van der Waals surface area contributed by atoms with Crippen LogP contribution in [0.5, 0.6) is 5.75 Å². The first-order valence-electron chi connectivity index (χ1n) is 7.60. The summed E-state index contributed by atoms with van der Waals surface area (Å²) in [5, 5.41) is 11.1. The second-order valence-electron chi connectivity index (χ2n) is 5.65. The van der Waals surface area contributed by atoms with Crippen molar-refractivity contribution in [1.29, 1.82) is 0 Å². The molecule has 4 aromatic rings. The van der Waals surface area contributed by atoms with E-state index in [1.165, 1.54) is 6.26 Å². The molecule has 0 aliphatic rings. The normalized spacial score (nSPS) is 11.1. The van der Waals surface area contributed by atoms with E-state index < -0.39 is 0 Å². The van der Waals surface area contributed by atoms with E-state index in [1.807, 2.05) is 6.92 Å². The summed E-state index contributed by atoms with van der Waals surface area (Å²) in [4.78, 5) is 17.3. The Labute approximate surface area is 148 Å². The Morgan fingerprint density at radius 2 is 1.96 bits per heavy atom. The average Bonchev–Trinajstić information content (AvgIpc) is 3.20. The molecule has 0 saturated carbocycles. The summed E-state index contributed by atoms with van der Waals surface area (Å²) in [6.45, 7) is 1.82. The molecule has 0 aliphatic heterocycles. The number of nitrogens with zero attached hydrogens (tertiary/aromatic N) is 2. The van der Waals surface area contributed by atoms with Gasteiger partial charge in [0.2, 0.25) is 5.89 Å². The molecule has 2 aromatic heterocycles. The number of hydrogen-bond acceptors (Lipinski definition) is 4. The summed E-state index contributed by atoms with van der Waals surface area (Å²) in [5.41, 5.74) is 2.54. The van der Waals surface area contributed by atoms with Crippen LogP contribution in [0, 0.1) is 6.92 Å². The fourth-order valence-electron chi connectivity index (χ4n) is 3.01. The van der Waals surface area contributed by atoms with Crippen molar-refractivity contribution in [2.24, 2.45) is 0 Å². The predicted octanol–water partition coefficient (Wildman–Crippen LogP) is 4.65. The Bertz CT molecular complexity index is 1080. The quantitative estimate of drug-likeness (QED) is 0.570. The lowest BCUT2D eigenvalue weighted by molar-refractivity contribution is 0.0963. The molecule has 0 spiro atoms. The Balaban J connectivity index is 2.00. The first-order valence-corrected chi connectivity index (χ1v) is 7.98. The topological polar surface area (TPSA) is 68.3 Å². The van der Waals surface area contributed by atoms with Crippen LogP contribution in [0.15, 0.2) is 59.3 Å². The summed E-state index contributed by atoms with van der Waals surface area (Å²) in [7, 11) is 0. The largest absolute Gasteiger partial charge is 0.508 e. The standard InChI is InChI=1S/C19H13ClN2O3/c1-11-17(18-21-8-9-25-18)15-10-14(23)6-7-16(15)22(11)19(24)12-2-4-13(20)5-3-12/h2-10,23H,1H3. The van der Waals surface area contributed by atoms with Crippen molar-refractivity contribution in [2.75, 3.05) is 0 Å². The second-order valence-corrected chi connectivity index (χ2v) is 6.08. The van der Waals surface area contributed by atoms with Crippen molar-refractivity contribution in [3.8, 4) is 17.2 Å². The summed E-state index contributed by atoms with van der Waals surface area (Å²) in [6.07, 6.45) is 3.02. The van der Waals surface area contributed by atoms with E-state index in [2.05, 4.69) is 4.98 Å². The molecule has 2 heterocycles. The highest BCUT2D eigenvalue weighted by Crippen LogP contribution is 2.36. The third kappa shape index (κ3) is 2.49. The van der Waals surface area contributed by atoms with Crippen molar-refractivity contribution in [2.45, 2.75) is 6.92 Å². The average molecular weight is 353 g/mol. The first kappa shape index (κ1) is 15.5. The predicted molar refractivity (Wildman–Crippen MR) is 95.0 cm³/mol. The number of phenols is 1. The van der Waals surface area contributed by atoms with Crippen molar-refractivity contribution in [1.82, 2.24) is 9.55 Å². The first-order chi connectivity index (χ1) is 12.1. The van der Waals surface area contributed by atoms with Crippen molar-refractivity contribution in [3.63, 3.8) is 0 Å². The molecule has 2 aromatic carbocycles. The molecular weight excluding hydrogens is 340 g/mol. The molecule has 0 bridgehead atoms. The molecule has 0 unspecified atom stereocenters. The van der Waals surface area contributed by atoms with Crippen LogP contribution in [-0.4, -0.2) is 20.6 Å². The van der Waals surface area contributed by atoms with E-state index in [0.29, 0.717) is 38.6 Å². The lowest BCUT2D eigenvalue weighted by atomic mass is 10.1. The number of rotatable bonds is 2. The van der Waals surface area contributed by atoms with E-state index in [1.54, 1.807) is 53.2 Å². The number of fused-ring (bicyclic) bond motifs is 1. The molecule has 124 valence electrons. The van der Waals surface area contributed by atoms with Gasteiger partial charge in [-0.25, -0.2) is 4.98 Å². The minimum Gasteiger partial charge on any atom is -0.508 e. The number of hydrogen-bond donors (Lipinski definition) is 1. The maximum Gasteiger partial charge on any atom is 0.262 e. The van der Waals surface area contributed by atoms with E-state index in [0.717, 1.165) is 0 Å². The third-order valence-electron chi connectivity index (χ3n) is 4.13. The Hall–Kier alpha value is -3.05. The number of halogens is 1. The van der Waals surface area contributed by atoms with Gasteiger partial charge in [0.15, 0.2) is 0 Å². The molecule has 0 fully saturated rings. The fraction of sp³-hybridized carbons (Fsp3) is 0.0526. The van der Waals surface area contributed by atoms with E-state index >= 15 is 0 Å². The van der Waals surface area contributed by atoms with Gasteiger partial charge in [-0.2, -0.15) is 0 Å². The zero-order chi connectivity index (χ0) is 17.6. The molecular formula is C19H13ClN2O3. The number of aromatic nitrogens is 2. The highest BCUT2D eigenvalue weighted by molar-refractivity contribution is 6.30. The van der Waals surface area contributed by atoms with Crippen LogP contribution in [0.3, 0.4) is 0 Å². The molecule has 0 amide bonds. The van der Waals surface area contributed by atoms with Crippen LogP contribution in [0.1, 0.15) is 16.1 Å². The van der Waals surface area contributed by atoms with Gasteiger partial charge in [-0.3, -0.25) is 9.36 Å². The van der Waals surface area contributed by atoms with Crippen LogP contribution in [0.4, 0.5) is 0 Å². The maximum atomic E-state index is 13.1. The second kappa shape index (κ2) is 5.79. The Kier molecular flexibility index (Phi) is 3.58. The molecule has 0 radical (unpaired) electrons. The number of benzene rings is 2. The van der Waals surface area contributed by atoms with Crippen molar-refractivity contribution in [3.05, 3.63) is 71.2 Å². The summed E-state index contributed by atoms with van der Waals surface area (Å²) >= 11 is 5.91. The lowest BCUT2D eigenvalue weighted by Crippen LogP contribution is -2.13. The van der Waals surface area contributed by atoms with Crippen LogP contribution in [0.25, 0.3) is 22.4 Å². The van der Waals surface area contributed by atoms with Gasteiger partial charge in [-0.15, -0.1) is 0 Å². The number of carbonyl (C=O) groups is 1. The highest BCUT2D eigenvalue weighted by atomic mass is 35.5. The molecule has 25 heavy (non-hydrogen) atoms. The fourth-order valence-corrected chi connectivity index (χ4v) is 3.13. The van der Waals surface area contributed by atoms with Gasteiger partial charge in [-0.1, -0.05) is 11.6 Å².